The lowest BCUT2D eigenvalue weighted by molar-refractivity contribution is -0.138. The van der Waals surface area contributed by atoms with Gasteiger partial charge in [-0.2, -0.15) is 4.31 Å². The summed E-state index contributed by atoms with van der Waals surface area (Å²) in [6.07, 6.45) is 0. The van der Waals surface area contributed by atoms with Crippen LogP contribution in [0.3, 0.4) is 0 Å². The second-order valence-electron chi connectivity index (χ2n) is 6.04. The maximum absolute atomic E-state index is 12.8. The minimum atomic E-state index is -3.65. The molecule has 0 aliphatic heterocycles. The number of carboxylic acids is 1. The van der Waals surface area contributed by atoms with E-state index < -0.39 is 27.9 Å². The topological polar surface area (TPSA) is 107 Å². The first-order valence-electron chi connectivity index (χ1n) is 8.38. The van der Waals surface area contributed by atoms with Crippen LogP contribution in [-0.4, -0.2) is 67.3 Å². The third kappa shape index (κ3) is 5.26. The first-order valence-corrected chi connectivity index (χ1v) is 9.82. The van der Waals surface area contributed by atoms with Crippen LogP contribution in [0.1, 0.15) is 26.3 Å². The molecular weight excluding hydrogens is 358 g/mol. The maximum Gasteiger partial charge on any atom is 0.317 e. The third-order valence-electron chi connectivity index (χ3n) is 4.20. The van der Waals surface area contributed by atoms with E-state index in [1.807, 2.05) is 0 Å². The molecule has 1 rings (SSSR count). The van der Waals surface area contributed by atoms with Crippen molar-refractivity contribution in [3.05, 3.63) is 23.8 Å². The predicted octanol–water partition coefficient (Wildman–Crippen LogP) is 1.37. The molecular formula is C17H27N3O5S. The summed E-state index contributed by atoms with van der Waals surface area (Å²) in [7, 11) is -2.12. The minimum absolute atomic E-state index is 0.144. The van der Waals surface area contributed by atoms with Crippen LogP contribution in [0, 0.1) is 6.92 Å². The second kappa shape index (κ2) is 9.11. The van der Waals surface area contributed by atoms with Crippen LogP contribution in [0.15, 0.2) is 23.1 Å². The Morgan fingerprint density at radius 2 is 1.81 bits per heavy atom. The quantitative estimate of drug-likeness (QED) is 0.665. The van der Waals surface area contributed by atoms with Gasteiger partial charge in [0.25, 0.3) is 0 Å². The molecule has 0 spiro atoms. The summed E-state index contributed by atoms with van der Waals surface area (Å²) in [6.45, 7) is 7.25. The summed E-state index contributed by atoms with van der Waals surface area (Å²) in [5.41, 5.74) is 0.938. The fourth-order valence-corrected chi connectivity index (χ4v) is 4.16. The number of benzene rings is 1. The van der Waals surface area contributed by atoms with Crippen molar-refractivity contribution < 1.29 is 23.1 Å². The number of hydrogen-bond donors (Lipinski definition) is 2. The number of carbonyl (C=O) groups excluding carboxylic acids is 1. The summed E-state index contributed by atoms with van der Waals surface area (Å²) in [5, 5.41) is 11.5. The van der Waals surface area contributed by atoms with Gasteiger partial charge in [-0.3, -0.25) is 14.5 Å². The molecule has 1 aromatic rings. The fraction of sp³-hybridized carbons (Fsp3) is 0.529. The average Bonchev–Trinajstić information content (AvgIpc) is 2.55. The van der Waals surface area contributed by atoms with Crippen LogP contribution in [-0.2, 0) is 19.6 Å². The van der Waals surface area contributed by atoms with E-state index in [2.05, 4.69) is 5.32 Å². The lowest BCUT2D eigenvalue weighted by Gasteiger charge is -2.23. The monoisotopic (exact) mass is 385 g/mol. The molecule has 0 heterocycles. The molecule has 0 saturated heterocycles. The molecule has 0 aliphatic carbocycles. The Bertz CT molecular complexity index is 760. The van der Waals surface area contributed by atoms with E-state index in [-0.39, 0.29) is 11.4 Å². The summed E-state index contributed by atoms with van der Waals surface area (Å²) in [5.74, 6) is -1.45. The lowest BCUT2D eigenvalue weighted by Crippen LogP contribution is -2.42. The zero-order valence-electron chi connectivity index (χ0n) is 15.8. The van der Waals surface area contributed by atoms with Crippen molar-refractivity contribution in [2.24, 2.45) is 0 Å². The van der Waals surface area contributed by atoms with Gasteiger partial charge in [-0.1, -0.05) is 19.9 Å². The molecule has 0 saturated carbocycles. The van der Waals surface area contributed by atoms with Crippen LogP contribution < -0.4 is 5.32 Å². The zero-order chi connectivity index (χ0) is 20.1. The number of nitrogens with zero attached hydrogens (tertiary/aromatic N) is 2. The highest BCUT2D eigenvalue weighted by molar-refractivity contribution is 7.89. The SMILES string of the molecule is CCN(CC)S(=O)(=O)c1cc(NC(=O)C(C)N(C)CC(=O)O)ccc1C. The standard InChI is InChI=1S/C17H27N3O5S/c1-6-20(7-2)26(24,25)15-10-14(9-8-12(15)3)18-17(23)13(4)19(5)11-16(21)22/h8-10,13H,6-7,11H2,1-5H3,(H,18,23)(H,21,22). The van der Waals surface area contributed by atoms with Crippen LogP contribution in [0.2, 0.25) is 0 Å². The Kier molecular flexibility index (Phi) is 7.73. The average molecular weight is 385 g/mol. The van der Waals surface area contributed by atoms with Crippen LogP contribution in [0.25, 0.3) is 0 Å². The summed E-state index contributed by atoms with van der Waals surface area (Å²) >= 11 is 0. The van der Waals surface area contributed by atoms with E-state index in [1.54, 1.807) is 39.8 Å². The van der Waals surface area contributed by atoms with E-state index in [4.69, 9.17) is 5.11 Å². The zero-order valence-corrected chi connectivity index (χ0v) is 16.6. The molecule has 26 heavy (non-hydrogen) atoms. The predicted molar refractivity (Wildman–Crippen MR) is 99.6 cm³/mol. The molecule has 2 N–H and O–H groups in total. The largest absolute Gasteiger partial charge is 0.480 e. The van der Waals surface area contributed by atoms with Crippen molar-refractivity contribution in [2.45, 2.75) is 38.6 Å². The van der Waals surface area contributed by atoms with Crippen molar-refractivity contribution in [1.82, 2.24) is 9.21 Å². The molecule has 0 bridgehead atoms. The van der Waals surface area contributed by atoms with Crippen LogP contribution in [0.4, 0.5) is 5.69 Å². The molecule has 0 aromatic heterocycles. The molecule has 0 radical (unpaired) electrons. The number of aryl methyl sites for hydroxylation is 1. The number of amides is 1. The molecule has 1 amide bonds. The molecule has 9 heteroatoms. The summed E-state index contributed by atoms with van der Waals surface area (Å²) in [4.78, 5) is 24.6. The van der Waals surface area contributed by atoms with E-state index in [1.165, 1.54) is 22.3 Å². The van der Waals surface area contributed by atoms with Crippen molar-refractivity contribution in [2.75, 3.05) is 32.0 Å². The maximum atomic E-state index is 12.8. The Morgan fingerprint density at radius 3 is 2.31 bits per heavy atom. The summed E-state index contributed by atoms with van der Waals surface area (Å²) in [6, 6.07) is 4.01. The van der Waals surface area contributed by atoms with Gasteiger partial charge in [0.05, 0.1) is 17.5 Å². The van der Waals surface area contributed by atoms with Crippen molar-refractivity contribution in [1.29, 1.82) is 0 Å². The number of carboxylic acid groups (broad SMARTS) is 1. The van der Waals surface area contributed by atoms with Gasteiger partial charge >= 0.3 is 5.97 Å². The fourth-order valence-electron chi connectivity index (χ4n) is 2.46. The number of likely N-dealkylation sites (N-methyl/N-ethyl adjacent to an activating group) is 1. The molecule has 8 nitrogen and oxygen atoms in total. The number of hydrogen-bond acceptors (Lipinski definition) is 5. The Morgan fingerprint density at radius 1 is 1.23 bits per heavy atom. The van der Waals surface area contributed by atoms with E-state index in [9.17, 15) is 18.0 Å². The van der Waals surface area contributed by atoms with Gasteiger partial charge in [0.15, 0.2) is 0 Å². The van der Waals surface area contributed by atoms with Crippen LogP contribution >= 0.6 is 0 Å². The Balaban J connectivity index is 3.07. The number of aliphatic carboxylic acids is 1. The van der Waals surface area contributed by atoms with Gasteiger partial charge in [-0.25, -0.2) is 8.42 Å². The highest BCUT2D eigenvalue weighted by Crippen LogP contribution is 2.23. The summed E-state index contributed by atoms with van der Waals surface area (Å²) < 4.78 is 26.9. The molecule has 1 atom stereocenters. The van der Waals surface area contributed by atoms with Crippen molar-refractivity contribution in [3.8, 4) is 0 Å². The van der Waals surface area contributed by atoms with Gasteiger partial charge in [-0.05, 0) is 38.6 Å². The van der Waals surface area contributed by atoms with Crippen molar-refractivity contribution >= 4 is 27.6 Å². The number of rotatable bonds is 9. The third-order valence-corrected chi connectivity index (χ3v) is 6.40. The molecule has 0 fully saturated rings. The lowest BCUT2D eigenvalue weighted by atomic mass is 10.2. The van der Waals surface area contributed by atoms with E-state index in [0.717, 1.165) is 0 Å². The molecule has 1 aromatic carbocycles. The van der Waals surface area contributed by atoms with Gasteiger partial charge in [-0.15, -0.1) is 0 Å². The number of nitrogens with one attached hydrogen (secondary N) is 1. The van der Waals surface area contributed by atoms with Gasteiger partial charge in [0.1, 0.15) is 0 Å². The van der Waals surface area contributed by atoms with Gasteiger partial charge < -0.3 is 10.4 Å². The number of anilines is 1. The number of sulfonamides is 1. The number of carbonyl (C=O) groups is 2. The highest BCUT2D eigenvalue weighted by atomic mass is 32.2. The smallest absolute Gasteiger partial charge is 0.317 e. The second-order valence-corrected chi connectivity index (χ2v) is 7.95. The molecule has 0 aliphatic rings. The normalized spacial score (nSPS) is 13.0. The molecule has 146 valence electrons. The first kappa shape index (κ1) is 22.1. The first-order chi connectivity index (χ1) is 12.0. The van der Waals surface area contributed by atoms with Gasteiger partial charge in [0, 0.05) is 18.8 Å². The molecule has 1 unspecified atom stereocenters. The van der Waals surface area contributed by atoms with Gasteiger partial charge in [0.2, 0.25) is 15.9 Å². The minimum Gasteiger partial charge on any atom is -0.480 e. The van der Waals surface area contributed by atoms with Crippen molar-refractivity contribution in [3.63, 3.8) is 0 Å². The highest BCUT2D eigenvalue weighted by Gasteiger charge is 2.25. The van der Waals surface area contributed by atoms with Crippen LogP contribution in [0.5, 0.6) is 0 Å². The van der Waals surface area contributed by atoms with E-state index >= 15 is 0 Å². The van der Waals surface area contributed by atoms with E-state index in [0.29, 0.717) is 24.3 Å². The Hall–Kier alpha value is -1.97. The Labute approximate surface area is 154 Å².